The number of carbonyl (C=O) groups excluding carboxylic acids is 3. The van der Waals surface area contributed by atoms with Gasteiger partial charge in [-0.25, -0.2) is 0 Å². The Labute approximate surface area is 204 Å². The lowest BCUT2D eigenvalue weighted by atomic mass is 9.52. The minimum absolute atomic E-state index is 0.122. The summed E-state index contributed by atoms with van der Waals surface area (Å²) in [5, 5.41) is 0. The van der Waals surface area contributed by atoms with Gasteiger partial charge in [-0.3, -0.25) is 14.4 Å². The van der Waals surface area contributed by atoms with Gasteiger partial charge in [-0.15, -0.1) is 0 Å². The third kappa shape index (κ3) is 3.13. The van der Waals surface area contributed by atoms with E-state index in [9.17, 15) is 14.4 Å². The first-order valence-corrected chi connectivity index (χ1v) is 15.8. The van der Waals surface area contributed by atoms with Crippen molar-refractivity contribution >= 4 is 26.2 Å². The molecule has 4 saturated carbocycles. The molecule has 0 aromatic rings. The first-order valence-electron chi connectivity index (χ1n) is 12.4. The second-order valence-corrected chi connectivity index (χ2v) is 16.7. The number of methoxy groups -OCH3 is 3. The van der Waals surface area contributed by atoms with Gasteiger partial charge in [-0.05, 0) is 82.0 Å². The minimum atomic E-state index is -1.94. The van der Waals surface area contributed by atoms with E-state index in [0.717, 1.165) is 18.4 Å². The lowest BCUT2D eigenvalue weighted by molar-refractivity contribution is -0.181. The Morgan fingerprint density at radius 2 is 1.62 bits per heavy atom. The molecule has 34 heavy (non-hydrogen) atoms. The summed E-state index contributed by atoms with van der Waals surface area (Å²) in [5.74, 6) is -2.40. The molecule has 4 aliphatic rings. The Bertz CT molecular complexity index is 925. The van der Waals surface area contributed by atoms with Crippen molar-refractivity contribution in [2.75, 3.05) is 21.3 Å². The van der Waals surface area contributed by atoms with Crippen molar-refractivity contribution < 1.29 is 33.0 Å². The van der Waals surface area contributed by atoms with Crippen molar-refractivity contribution in [1.82, 2.24) is 0 Å². The van der Waals surface area contributed by atoms with Crippen LogP contribution in [0.3, 0.4) is 0 Å². The molecule has 4 unspecified atom stereocenters. The molecule has 8 heteroatoms. The highest BCUT2D eigenvalue weighted by Gasteiger charge is 2.81. The molecule has 0 aliphatic heterocycles. The van der Waals surface area contributed by atoms with Crippen LogP contribution >= 0.6 is 0 Å². The van der Waals surface area contributed by atoms with Crippen LogP contribution in [0, 0.1) is 34.0 Å². The summed E-state index contributed by atoms with van der Waals surface area (Å²) in [6.07, 6.45) is 4.53. The number of carbonyl (C=O) groups is 3. The smallest absolute Gasteiger partial charge is 0.312 e. The molecule has 190 valence electrons. The van der Waals surface area contributed by atoms with Gasteiger partial charge in [0.15, 0.2) is 8.32 Å². The molecule has 0 amide bonds. The Morgan fingerprint density at radius 3 is 2.18 bits per heavy atom. The van der Waals surface area contributed by atoms with Crippen molar-refractivity contribution in [2.24, 2.45) is 34.0 Å². The van der Waals surface area contributed by atoms with Crippen LogP contribution in [0.25, 0.3) is 0 Å². The van der Waals surface area contributed by atoms with Crippen molar-refractivity contribution in [2.45, 2.75) is 77.1 Å². The second-order valence-electron chi connectivity index (χ2n) is 12.3. The summed E-state index contributed by atoms with van der Waals surface area (Å²) in [4.78, 5) is 40.7. The van der Waals surface area contributed by atoms with E-state index in [-0.39, 0.29) is 23.8 Å². The molecule has 0 aromatic carbocycles. The van der Waals surface area contributed by atoms with E-state index in [2.05, 4.69) is 26.2 Å². The van der Waals surface area contributed by atoms with Gasteiger partial charge >= 0.3 is 17.9 Å². The van der Waals surface area contributed by atoms with Gasteiger partial charge < -0.3 is 18.6 Å². The maximum Gasteiger partial charge on any atom is 0.312 e. The van der Waals surface area contributed by atoms with Crippen molar-refractivity contribution in [1.29, 1.82) is 0 Å². The molecular formula is C26H40O7Si. The van der Waals surface area contributed by atoms with Crippen molar-refractivity contribution in [3.8, 4) is 0 Å². The van der Waals surface area contributed by atoms with Gasteiger partial charge in [0.2, 0.25) is 0 Å². The second kappa shape index (κ2) is 7.92. The van der Waals surface area contributed by atoms with E-state index in [4.69, 9.17) is 18.6 Å². The van der Waals surface area contributed by atoms with Gasteiger partial charge in [0.25, 0.3) is 0 Å². The quantitative estimate of drug-likeness (QED) is 0.245. The predicted octanol–water partition coefficient (Wildman–Crippen LogP) is 4.26. The Balaban J connectivity index is 1.98. The lowest BCUT2D eigenvalue weighted by Crippen LogP contribution is -2.55. The Hall–Kier alpha value is -1.67. The fourth-order valence-corrected chi connectivity index (χ4v) is 10.4. The standard InChI is InChI=1S/C26H40O7Si/c1-16-14-24-15-25(16,33-34(6,7)8)13-10-17(24)26(22(29)32-5)12-9-11-23(2,21(28)31-4)19(26)18(24)20(27)30-3/h17-19H,1,9-15H2,2-8H3/t17?,18?,19?,23?,24-,25-,26+/m0/s1. The minimum Gasteiger partial charge on any atom is -0.469 e. The van der Waals surface area contributed by atoms with Crippen LogP contribution in [0.1, 0.15) is 51.9 Å². The molecule has 0 N–H and O–H groups in total. The van der Waals surface area contributed by atoms with Crippen LogP contribution < -0.4 is 0 Å². The fraction of sp³-hybridized carbons (Fsp3) is 0.808. The van der Waals surface area contributed by atoms with Crippen LogP contribution in [0.15, 0.2) is 12.2 Å². The van der Waals surface area contributed by atoms with Gasteiger partial charge in [0, 0.05) is 5.92 Å². The van der Waals surface area contributed by atoms with Crippen molar-refractivity contribution in [3.63, 3.8) is 0 Å². The highest BCUT2D eigenvalue weighted by atomic mass is 28.4. The number of rotatable bonds is 5. The number of hydrogen-bond donors (Lipinski definition) is 0. The van der Waals surface area contributed by atoms with Crippen LogP contribution in [0.4, 0.5) is 0 Å². The first kappa shape index (κ1) is 25.4. The average Bonchev–Trinajstić information content (AvgIpc) is 3.15. The van der Waals surface area contributed by atoms with E-state index in [0.29, 0.717) is 32.1 Å². The van der Waals surface area contributed by atoms with E-state index < -0.39 is 42.0 Å². The zero-order chi connectivity index (χ0) is 25.3. The Morgan fingerprint density at radius 1 is 0.971 bits per heavy atom. The first-order chi connectivity index (χ1) is 15.8. The largest absolute Gasteiger partial charge is 0.469 e. The summed E-state index contributed by atoms with van der Waals surface area (Å²) in [6.45, 7) is 12.8. The highest BCUT2D eigenvalue weighted by molar-refractivity contribution is 6.69. The molecule has 0 radical (unpaired) electrons. The van der Waals surface area contributed by atoms with Gasteiger partial charge in [0.05, 0.1) is 43.7 Å². The lowest BCUT2D eigenvalue weighted by Gasteiger charge is -2.51. The molecule has 0 aromatic heterocycles. The van der Waals surface area contributed by atoms with E-state index in [1.165, 1.54) is 21.3 Å². The molecule has 0 saturated heterocycles. The average molecular weight is 493 g/mol. The van der Waals surface area contributed by atoms with Crippen molar-refractivity contribution in [3.05, 3.63) is 12.2 Å². The van der Waals surface area contributed by atoms with Crippen LogP contribution in [-0.2, 0) is 33.0 Å². The van der Waals surface area contributed by atoms with E-state index in [1.807, 2.05) is 6.92 Å². The SMILES string of the molecule is C=C1C[C@]23C[C@@]1(O[Si](C)(C)C)CCC2[C@]1(C(=O)OC)CCCC(C)(C(=O)OC)C1C3C(=O)OC. The normalized spacial score (nSPS) is 43.0. The topological polar surface area (TPSA) is 88.1 Å². The zero-order valence-electron chi connectivity index (χ0n) is 21.7. The van der Waals surface area contributed by atoms with E-state index in [1.54, 1.807) is 0 Å². The number of esters is 3. The van der Waals surface area contributed by atoms with Crippen LogP contribution in [0.2, 0.25) is 19.6 Å². The molecule has 2 bridgehead atoms. The molecule has 0 heterocycles. The summed E-state index contributed by atoms with van der Waals surface area (Å²) < 4.78 is 22.9. The number of ether oxygens (including phenoxy) is 3. The number of fused-ring (bicyclic) bond motifs is 3. The van der Waals surface area contributed by atoms with E-state index >= 15 is 0 Å². The molecule has 4 fully saturated rings. The monoisotopic (exact) mass is 492 g/mol. The summed E-state index contributed by atoms with van der Waals surface area (Å²) in [5.41, 5.74) is -2.02. The van der Waals surface area contributed by atoms with Gasteiger partial charge in [-0.1, -0.05) is 13.0 Å². The fourth-order valence-electron chi connectivity index (χ4n) is 8.94. The number of hydrogen-bond acceptors (Lipinski definition) is 7. The molecule has 7 nitrogen and oxygen atoms in total. The molecule has 4 rings (SSSR count). The molecule has 1 spiro atoms. The van der Waals surface area contributed by atoms with Gasteiger partial charge in [-0.2, -0.15) is 0 Å². The maximum atomic E-state index is 13.8. The van der Waals surface area contributed by atoms with Crippen LogP contribution in [0.5, 0.6) is 0 Å². The van der Waals surface area contributed by atoms with Gasteiger partial charge in [0.1, 0.15) is 0 Å². The molecule has 7 atom stereocenters. The molecule has 4 aliphatic carbocycles. The third-order valence-corrected chi connectivity index (χ3v) is 10.6. The van der Waals surface area contributed by atoms with Crippen LogP contribution in [-0.4, -0.2) is 53.2 Å². The highest BCUT2D eigenvalue weighted by Crippen LogP contribution is 2.79. The predicted molar refractivity (Wildman–Crippen MR) is 128 cm³/mol. The third-order valence-electron chi connectivity index (χ3n) is 9.61. The maximum absolute atomic E-state index is 13.8. The summed E-state index contributed by atoms with van der Waals surface area (Å²) in [7, 11) is 2.24. The zero-order valence-corrected chi connectivity index (χ0v) is 22.7. The summed E-state index contributed by atoms with van der Waals surface area (Å²) in [6, 6.07) is 0. The Kier molecular flexibility index (Phi) is 5.92. The summed E-state index contributed by atoms with van der Waals surface area (Å²) >= 11 is 0. The molecular weight excluding hydrogens is 452 g/mol.